The van der Waals surface area contributed by atoms with Crippen molar-refractivity contribution in [2.45, 2.75) is 23.5 Å². The summed E-state index contributed by atoms with van der Waals surface area (Å²) in [7, 11) is 0. The molecule has 1 saturated carbocycles. The number of hydrogen-bond donors (Lipinski definition) is 2. The molecule has 0 aliphatic heterocycles. The van der Waals surface area contributed by atoms with Crippen molar-refractivity contribution in [2.75, 3.05) is 0 Å². The fourth-order valence-corrected chi connectivity index (χ4v) is 1.93. The van der Waals surface area contributed by atoms with Crippen LogP contribution in [0.1, 0.15) is 12.8 Å². The standard InChI is InChI=1S/C7H10N2O3S/c8-6(12)5(11)7(9-3-10)13-4-1-2-4/h3-4,7H,1-2H2,(H2,8,12)(H,9,10). The maximum Gasteiger partial charge on any atom is 0.287 e. The topological polar surface area (TPSA) is 89.3 Å². The minimum atomic E-state index is -1.01. The predicted molar refractivity (Wildman–Crippen MR) is 47.8 cm³/mol. The van der Waals surface area contributed by atoms with E-state index in [1.807, 2.05) is 0 Å². The molecule has 0 bridgehead atoms. The van der Waals surface area contributed by atoms with Gasteiger partial charge in [0.05, 0.1) is 0 Å². The Hall–Kier alpha value is -1.04. The monoisotopic (exact) mass is 202 g/mol. The van der Waals surface area contributed by atoms with Crippen LogP contribution in [0.25, 0.3) is 0 Å². The molecule has 2 amide bonds. The van der Waals surface area contributed by atoms with E-state index >= 15 is 0 Å². The van der Waals surface area contributed by atoms with Crippen molar-refractivity contribution >= 4 is 29.9 Å². The molecular weight excluding hydrogens is 192 g/mol. The highest BCUT2D eigenvalue weighted by atomic mass is 32.2. The largest absolute Gasteiger partial charge is 0.363 e. The second kappa shape index (κ2) is 4.27. The summed E-state index contributed by atoms with van der Waals surface area (Å²) in [6.45, 7) is 0. The molecule has 1 rings (SSSR count). The van der Waals surface area contributed by atoms with Crippen molar-refractivity contribution in [3.8, 4) is 0 Å². The Kier molecular flexibility index (Phi) is 3.30. The number of ketones is 1. The molecule has 13 heavy (non-hydrogen) atoms. The van der Waals surface area contributed by atoms with Crippen LogP contribution in [0, 0.1) is 0 Å². The summed E-state index contributed by atoms with van der Waals surface area (Å²) in [6.07, 6.45) is 2.45. The first-order valence-electron chi connectivity index (χ1n) is 3.84. The Morgan fingerprint density at radius 3 is 2.54 bits per heavy atom. The Labute approximate surface area is 79.4 Å². The number of hydrogen-bond acceptors (Lipinski definition) is 4. The van der Waals surface area contributed by atoms with Crippen LogP contribution in [-0.2, 0) is 14.4 Å². The summed E-state index contributed by atoms with van der Waals surface area (Å²) in [5.41, 5.74) is 4.81. The molecule has 0 saturated heterocycles. The van der Waals surface area contributed by atoms with Crippen LogP contribution < -0.4 is 11.1 Å². The van der Waals surface area contributed by atoms with Gasteiger partial charge in [-0.3, -0.25) is 14.4 Å². The van der Waals surface area contributed by atoms with Crippen LogP contribution in [0.2, 0.25) is 0 Å². The molecule has 1 fully saturated rings. The number of thioether (sulfide) groups is 1. The molecule has 6 heteroatoms. The van der Waals surface area contributed by atoms with Crippen molar-refractivity contribution in [3.63, 3.8) is 0 Å². The fourth-order valence-electron chi connectivity index (χ4n) is 0.764. The van der Waals surface area contributed by atoms with E-state index in [9.17, 15) is 14.4 Å². The number of amides is 2. The van der Waals surface area contributed by atoms with E-state index in [2.05, 4.69) is 5.32 Å². The van der Waals surface area contributed by atoms with Gasteiger partial charge in [-0.05, 0) is 12.8 Å². The van der Waals surface area contributed by atoms with E-state index < -0.39 is 17.1 Å². The highest BCUT2D eigenvalue weighted by Gasteiger charge is 2.31. The van der Waals surface area contributed by atoms with Gasteiger partial charge in [-0.2, -0.15) is 0 Å². The van der Waals surface area contributed by atoms with Gasteiger partial charge < -0.3 is 11.1 Å². The van der Waals surface area contributed by atoms with Crippen molar-refractivity contribution < 1.29 is 14.4 Å². The van der Waals surface area contributed by atoms with Gasteiger partial charge in [-0.1, -0.05) is 0 Å². The van der Waals surface area contributed by atoms with E-state index in [0.717, 1.165) is 12.8 Å². The second-order valence-electron chi connectivity index (χ2n) is 2.73. The number of primary amides is 1. The van der Waals surface area contributed by atoms with Crippen molar-refractivity contribution in [1.82, 2.24) is 5.32 Å². The van der Waals surface area contributed by atoms with E-state index in [4.69, 9.17) is 5.73 Å². The molecular formula is C7H10N2O3S. The number of Topliss-reactive ketones (excluding diaryl/α,β-unsaturated/α-hetero) is 1. The molecule has 0 radical (unpaired) electrons. The van der Waals surface area contributed by atoms with Crippen LogP contribution in [0.4, 0.5) is 0 Å². The minimum Gasteiger partial charge on any atom is -0.363 e. The third-order valence-corrected chi connectivity index (χ3v) is 3.03. The average molecular weight is 202 g/mol. The molecule has 0 aromatic rings. The first-order valence-corrected chi connectivity index (χ1v) is 4.78. The molecule has 72 valence electrons. The number of rotatable bonds is 6. The Bertz CT molecular complexity index is 240. The Balaban J connectivity index is 2.48. The van der Waals surface area contributed by atoms with E-state index in [-0.39, 0.29) is 0 Å². The molecule has 0 spiro atoms. The normalized spacial score (nSPS) is 17.5. The summed E-state index contributed by atoms with van der Waals surface area (Å²) in [5, 5.41) is 1.84. The van der Waals surface area contributed by atoms with Crippen LogP contribution in [0.5, 0.6) is 0 Å². The molecule has 1 aliphatic rings. The molecule has 3 N–H and O–H groups in total. The summed E-state index contributed by atoms with van der Waals surface area (Å²) in [4.78, 5) is 31.7. The van der Waals surface area contributed by atoms with Gasteiger partial charge in [0.1, 0.15) is 5.37 Å². The van der Waals surface area contributed by atoms with Gasteiger partial charge in [-0.25, -0.2) is 0 Å². The van der Waals surface area contributed by atoms with Crippen molar-refractivity contribution in [2.24, 2.45) is 5.73 Å². The average Bonchev–Trinajstić information content (AvgIpc) is 2.86. The lowest BCUT2D eigenvalue weighted by molar-refractivity contribution is -0.136. The van der Waals surface area contributed by atoms with Gasteiger partial charge in [-0.15, -0.1) is 11.8 Å². The molecule has 0 aromatic carbocycles. The lowest BCUT2D eigenvalue weighted by Gasteiger charge is -2.11. The fraction of sp³-hybridized carbons (Fsp3) is 0.571. The Morgan fingerprint density at radius 1 is 1.54 bits per heavy atom. The maximum atomic E-state index is 11.1. The second-order valence-corrected chi connectivity index (χ2v) is 4.14. The Morgan fingerprint density at radius 2 is 2.15 bits per heavy atom. The van der Waals surface area contributed by atoms with Gasteiger partial charge in [0, 0.05) is 5.25 Å². The van der Waals surface area contributed by atoms with Crippen LogP contribution in [0.3, 0.4) is 0 Å². The van der Waals surface area contributed by atoms with Crippen LogP contribution in [0.15, 0.2) is 0 Å². The first kappa shape index (κ1) is 10.0. The third-order valence-electron chi connectivity index (χ3n) is 1.55. The summed E-state index contributed by atoms with van der Waals surface area (Å²) in [5.74, 6) is -1.75. The summed E-state index contributed by atoms with van der Waals surface area (Å²) < 4.78 is 0. The maximum absolute atomic E-state index is 11.1. The van der Waals surface area contributed by atoms with Crippen molar-refractivity contribution in [3.05, 3.63) is 0 Å². The van der Waals surface area contributed by atoms with E-state index in [1.54, 1.807) is 0 Å². The third kappa shape index (κ3) is 3.06. The molecule has 0 heterocycles. The van der Waals surface area contributed by atoms with Gasteiger partial charge in [0.2, 0.25) is 6.41 Å². The lowest BCUT2D eigenvalue weighted by atomic mass is 10.4. The van der Waals surface area contributed by atoms with Gasteiger partial charge in [0.25, 0.3) is 11.7 Å². The predicted octanol–water partition coefficient (Wildman–Crippen LogP) is -0.992. The summed E-state index contributed by atoms with van der Waals surface area (Å²) in [6, 6.07) is 0. The smallest absolute Gasteiger partial charge is 0.287 e. The quantitative estimate of drug-likeness (QED) is 0.329. The first-order chi connectivity index (χ1) is 6.15. The molecule has 1 atom stereocenters. The van der Waals surface area contributed by atoms with E-state index in [1.165, 1.54) is 11.8 Å². The zero-order valence-corrected chi connectivity index (χ0v) is 7.67. The number of carbonyl (C=O) groups is 3. The minimum absolute atomic E-state index is 0.376. The zero-order valence-electron chi connectivity index (χ0n) is 6.86. The highest BCUT2D eigenvalue weighted by molar-refractivity contribution is 8.01. The number of nitrogens with two attached hydrogens (primary N) is 1. The number of carbonyl (C=O) groups excluding carboxylic acids is 3. The van der Waals surface area contributed by atoms with Gasteiger partial charge >= 0.3 is 0 Å². The van der Waals surface area contributed by atoms with Crippen molar-refractivity contribution in [1.29, 1.82) is 0 Å². The highest BCUT2D eigenvalue weighted by Crippen LogP contribution is 2.36. The molecule has 1 unspecified atom stereocenters. The van der Waals surface area contributed by atoms with Crippen LogP contribution >= 0.6 is 11.8 Å². The van der Waals surface area contributed by atoms with E-state index in [0.29, 0.717) is 11.7 Å². The number of nitrogens with one attached hydrogen (secondary N) is 1. The van der Waals surface area contributed by atoms with Gasteiger partial charge in [0.15, 0.2) is 0 Å². The summed E-state index contributed by atoms with van der Waals surface area (Å²) >= 11 is 1.28. The molecule has 5 nitrogen and oxygen atoms in total. The molecule has 0 aromatic heterocycles. The van der Waals surface area contributed by atoms with Crippen LogP contribution in [-0.4, -0.2) is 28.7 Å². The molecule has 1 aliphatic carbocycles. The lowest BCUT2D eigenvalue weighted by Crippen LogP contribution is -2.41. The zero-order chi connectivity index (χ0) is 9.84. The SMILES string of the molecule is NC(=O)C(=O)C(NC=O)SC1CC1.